The van der Waals surface area contributed by atoms with Gasteiger partial charge in [-0.15, -0.1) is 0 Å². The Hall–Kier alpha value is -2.24. The number of rotatable bonds is 4. The molecule has 0 aromatic heterocycles. The number of carbonyl (C=O) groups excluding carboxylic acids is 2. The number of carbonyl (C=O) groups is 2. The van der Waals surface area contributed by atoms with Gasteiger partial charge in [0.2, 0.25) is 0 Å². The maximum atomic E-state index is 12.3. The SMILES string of the molecule is COc1cc(O)ccc1C(C)(C=O)N(C)C(=O)OC(C)(C)C. The maximum absolute atomic E-state index is 12.3. The lowest BCUT2D eigenvalue weighted by atomic mass is 9.91. The van der Waals surface area contributed by atoms with Crippen LogP contribution in [0.4, 0.5) is 4.79 Å². The van der Waals surface area contributed by atoms with Crippen LogP contribution in [-0.2, 0) is 15.1 Å². The zero-order valence-corrected chi connectivity index (χ0v) is 13.8. The number of likely N-dealkylation sites (N-methyl/N-ethyl adjacent to an activating group) is 1. The molecule has 0 fully saturated rings. The Morgan fingerprint density at radius 1 is 1.27 bits per heavy atom. The summed E-state index contributed by atoms with van der Waals surface area (Å²) in [4.78, 5) is 25.2. The third kappa shape index (κ3) is 3.69. The molecule has 0 heterocycles. The Morgan fingerprint density at radius 3 is 2.32 bits per heavy atom. The number of aromatic hydroxyl groups is 1. The monoisotopic (exact) mass is 309 g/mol. The van der Waals surface area contributed by atoms with Gasteiger partial charge in [0, 0.05) is 18.7 Å². The van der Waals surface area contributed by atoms with Gasteiger partial charge in [0.25, 0.3) is 0 Å². The number of phenolic OH excluding ortho intramolecular Hbond substituents is 1. The third-order valence-corrected chi connectivity index (χ3v) is 3.32. The zero-order chi connectivity index (χ0) is 17.1. The van der Waals surface area contributed by atoms with Crippen molar-refractivity contribution in [2.45, 2.75) is 38.8 Å². The Kier molecular flexibility index (Phi) is 5.06. The Balaban J connectivity index is 3.26. The van der Waals surface area contributed by atoms with Crippen molar-refractivity contribution in [3.8, 4) is 11.5 Å². The molecule has 6 heteroatoms. The van der Waals surface area contributed by atoms with E-state index < -0.39 is 17.2 Å². The van der Waals surface area contributed by atoms with Gasteiger partial charge in [0.1, 0.15) is 28.9 Å². The molecule has 0 saturated carbocycles. The summed E-state index contributed by atoms with van der Waals surface area (Å²) >= 11 is 0. The Bertz CT molecular complexity index is 564. The summed E-state index contributed by atoms with van der Waals surface area (Å²) in [5.41, 5.74) is -1.51. The molecule has 1 N–H and O–H groups in total. The molecule has 0 spiro atoms. The van der Waals surface area contributed by atoms with Gasteiger partial charge in [-0.2, -0.15) is 0 Å². The molecule has 0 aliphatic heterocycles. The maximum Gasteiger partial charge on any atom is 0.411 e. The van der Waals surface area contributed by atoms with Gasteiger partial charge in [0.15, 0.2) is 0 Å². The molecule has 1 aromatic rings. The van der Waals surface area contributed by atoms with E-state index in [1.54, 1.807) is 33.8 Å². The standard InChI is InChI=1S/C16H23NO5/c1-15(2,3)22-14(20)17(5)16(4,10-18)12-8-7-11(19)9-13(12)21-6/h7-10,19H,1-6H3. The van der Waals surface area contributed by atoms with E-state index in [1.807, 2.05) is 0 Å². The zero-order valence-electron chi connectivity index (χ0n) is 13.8. The van der Waals surface area contributed by atoms with E-state index in [0.29, 0.717) is 17.6 Å². The number of phenols is 1. The molecule has 1 atom stereocenters. The molecular formula is C16H23NO5. The second kappa shape index (κ2) is 6.25. The molecule has 122 valence electrons. The van der Waals surface area contributed by atoms with E-state index in [-0.39, 0.29) is 5.75 Å². The van der Waals surface area contributed by atoms with Crippen LogP contribution in [0.5, 0.6) is 11.5 Å². The van der Waals surface area contributed by atoms with Crippen molar-refractivity contribution in [1.82, 2.24) is 4.90 Å². The van der Waals surface area contributed by atoms with E-state index in [1.165, 1.54) is 31.2 Å². The van der Waals surface area contributed by atoms with Crippen LogP contribution in [0, 0.1) is 0 Å². The van der Waals surface area contributed by atoms with Crippen LogP contribution >= 0.6 is 0 Å². The van der Waals surface area contributed by atoms with Crippen molar-refractivity contribution >= 4 is 12.4 Å². The number of amides is 1. The number of benzene rings is 1. The highest BCUT2D eigenvalue weighted by atomic mass is 16.6. The van der Waals surface area contributed by atoms with Crippen LogP contribution in [-0.4, -0.2) is 42.1 Å². The van der Waals surface area contributed by atoms with Crippen molar-refractivity contribution in [3.05, 3.63) is 23.8 Å². The van der Waals surface area contributed by atoms with Gasteiger partial charge in [-0.1, -0.05) is 0 Å². The molecule has 0 aliphatic carbocycles. The second-order valence-corrected chi connectivity index (χ2v) is 6.19. The highest BCUT2D eigenvalue weighted by Gasteiger charge is 2.39. The van der Waals surface area contributed by atoms with Crippen molar-refractivity contribution in [2.24, 2.45) is 0 Å². The molecule has 6 nitrogen and oxygen atoms in total. The number of ether oxygens (including phenoxy) is 2. The molecule has 1 aromatic carbocycles. The lowest BCUT2D eigenvalue weighted by Crippen LogP contribution is -2.48. The van der Waals surface area contributed by atoms with E-state index >= 15 is 0 Å². The number of methoxy groups -OCH3 is 1. The fourth-order valence-electron chi connectivity index (χ4n) is 1.94. The van der Waals surface area contributed by atoms with Crippen molar-refractivity contribution in [2.75, 3.05) is 14.2 Å². The first-order valence-electron chi connectivity index (χ1n) is 6.86. The summed E-state index contributed by atoms with van der Waals surface area (Å²) in [7, 11) is 2.91. The van der Waals surface area contributed by atoms with E-state index in [0.717, 1.165) is 0 Å². The lowest BCUT2D eigenvalue weighted by Gasteiger charge is -2.36. The van der Waals surface area contributed by atoms with Crippen LogP contribution in [0.15, 0.2) is 18.2 Å². The van der Waals surface area contributed by atoms with Crippen molar-refractivity contribution < 1.29 is 24.2 Å². The molecule has 1 unspecified atom stereocenters. The predicted molar refractivity (Wildman–Crippen MR) is 82.1 cm³/mol. The van der Waals surface area contributed by atoms with Crippen LogP contribution in [0.3, 0.4) is 0 Å². The number of hydrogen-bond donors (Lipinski definition) is 1. The largest absolute Gasteiger partial charge is 0.508 e. The normalized spacial score (nSPS) is 13.9. The summed E-state index contributed by atoms with van der Waals surface area (Å²) < 4.78 is 10.5. The smallest absolute Gasteiger partial charge is 0.411 e. The Morgan fingerprint density at radius 2 is 1.86 bits per heavy atom. The average molecular weight is 309 g/mol. The van der Waals surface area contributed by atoms with Gasteiger partial charge in [-0.3, -0.25) is 4.90 Å². The molecule has 1 amide bonds. The summed E-state index contributed by atoms with van der Waals surface area (Å²) in [6.45, 7) is 6.83. The molecule has 0 radical (unpaired) electrons. The van der Waals surface area contributed by atoms with Crippen LogP contribution in [0.1, 0.15) is 33.3 Å². The molecule has 22 heavy (non-hydrogen) atoms. The van der Waals surface area contributed by atoms with E-state index in [2.05, 4.69) is 0 Å². The molecule has 0 saturated heterocycles. The molecule has 1 rings (SSSR count). The number of nitrogens with zero attached hydrogens (tertiary/aromatic N) is 1. The van der Waals surface area contributed by atoms with Gasteiger partial charge in [0.05, 0.1) is 7.11 Å². The van der Waals surface area contributed by atoms with Gasteiger partial charge >= 0.3 is 6.09 Å². The quantitative estimate of drug-likeness (QED) is 0.865. The van der Waals surface area contributed by atoms with Gasteiger partial charge < -0.3 is 19.4 Å². The first-order chi connectivity index (χ1) is 10.0. The number of hydrogen-bond acceptors (Lipinski definition) is 5. The fourth-order valence-corrected chi connectivity index (χ4v) is 1.94. The minimum atomic E-state index is -1.29. The van der Waals surface area contributed by atoms with Gasteiger partial charge in [-0.05, 0) is 39.8 Å². The summed E-state index contributed by atoms with van der Waals surface area (Å²) in [5.74, 6) is 0.318. The topological polar surface area (TPSA) is 76.1 Å². The van der Waals surface area contributed by atoms with Crippen LogP contribution in [0.2, 0.25) is 0 Å². The average Bonchev–Trinajstić information content (AvgIpc) is 2.43. The minimum Gasteiger partial charge on any atom is -0.508 e. The Labute approximate surface area is 130 Å². The molecule has 0 aliphatic rings. The number of aldehydes is 1. The lowest BCUT2D eigenvalue weighted by molar-refractivity contribution is -0.117. The first-order valence-corrected chi connectivity index (χ1v) is 6.86. The summed E-state index contributed by atoms with van der Waals surface area (Å²) in [6, 6.07) is 4.37. The van der Waals surface area contributed by atoms with Crippen LogP contribution in [0.25, 0.3) is 0 Å². The molecular weight excluding hydrogens is 286 g/mol. The summed E-state index contributed by atoms with van der Waals surface area (Å²) in [6.07, 6.45) is 0.0171. The minimum absolute atomic E-state index is 0.00812. The van der Waals surface area contributed by atoms with E-state index in [9.17, 15) is 14.7 Å². The third-order valence-electron chi connectivity index (χ3n) is 3.32. The predicted octanol–water partition coefficient (Wildman–Crippen LogP) is 2.68. The highest BCUT2D eigenvalue weighted by molar-refractivity contribution is 5.79. The van der Waals surface area contributed by atoms with Crippen molar-refractivity contribution in [3.63, 3.8) is 0 Å². The summed E-state index contributed by atoms with van der Waals surface area (Å²) in [5, 5.41) is 9.53. The molecule has 0 bridgehead atoms. The fraction of sp³-hybridized carbons (Fsp3) is 0.500. The van der Waals surface area contributed by atoms with Crippen LogP contribution < -0.4 is 4.74 Å². The van der Waals surface area contributed by atoms with Crippen molar-refractivity contribution in [1.29, 1.82) is 0 Å². The van der Waals surface area contributed by atoms with E-state index in [4.69, 9.17) is 9.47 Å². The first kappa shape index (κ1) is 17.8. The second-order valence-electron chi connectivity index (χ2n) is 6.19. The van der Waals surface area contributed by atoms with Gasteiger partial charge in [-0.25, -0.2) is 4.79 Å². The highest BCUT2D eigenvalue weighted by Crippen LogP contribution is 2.35.